The third-order valence-electron chi connectivity index (χ3n) is 6.23. The van der Waals surface area contributed by atoms with Crippen LogP contribution in [-0.2, 0) is 0 Å². The van der Waals surface area contributed by atoms with Crippen molar-refractivity contribution < 1.29 is 14.4 Å². The Morgan fingerprint density at radius 3 is 1.73 bits per heavy atom. The molecule has 33 heavy (non-hydrogen) atoms. The topological polar surface area (TPSA) is 66.8 Å². The lowest BCUT2D eigenvalue weighted by atomic mass is 9.74. The van der Waals surface area contributed by atoms with Gasteiger partial charge in [0.15, 0.2) is 5.78 Å². The number of imide groups is 1. The molecule has 1 heterocycles. The van der Waals surface area contributed by atoms with Crippen LogP contribution >= 0.6 is 0 Å². The Labute approximate surface area is 192 Å². The number of ketones is 1. The van der Waals surface area contributed by atoms with Crippen LogP contribution < -0.4 is 0 Å². The van der Waals surface area contributed by atoms with Crippen LogP contribution in [0.5, 0.6) is 0 Å². The van der Waals surface area contributed by atoms with Crippen LogP contribution in [-0.4, -0.2) is 28.3 Å². The molecule has 0 bridgehead atoms. The summed E-state index contributed by atoms with van der Waals surface area (Å²) in [5.74, 6) is -1.46. The van der Waals surface area contributed by atoms with Crippen LogP contribution in [0.25, 0.3) is 0 Å². The first-order valence-corrected chi connectivity index (χ1v) is 11.0. The van der Waals surface area contributed by atoms with Crippen molar-refractivity contribution in [3.63, 3.8) is 0 Å². The number of hydrogen-bond donors (Lipinski definition) is 0. The number of fused-ring (bicyclic) bond motifs is 1. The quantitative estimate of drug-likeness (QED) is 0.241. The number of allylic oxidation sites excluding steroid dienone is 2. The molecule has 2 unspecified atom stereocenters. The van der Waals surface area contributed by atoms with Crippen LogP contribution in [0.2, 0.25) is 0 Å². The molecule has 0 N–H and O–H groups in total. The summed E-state index contributed by atoms with van der Waals surface area (Å²) in [4.78, 5) is 39.5. The second kappa shape index (κ2) is 8.79. The summed E-state index contributed by atoms with van der Waals surface area (Å²) < 4.78 is 0. The predicted octanol–water partition coefficient (Wildman–Crippen LogP) is 5.15. The number of rotatable bonds is 5. The highest BCUT2D eigenvalue weighted by Gasteiger charge is 2.39. The number of benzene rings is 3. The standard InChI is InChI=1S/C28H22N2O3/c31-26(20-13-5-2-6-14-20)22-16-8-7-15-21(22)25(19-11-3-1-4-12-19)29-30-27(32)23-17-9-10-18-24(23)28(30)33/h1-14,17-18,21-22H,15-16H2/b29-25-. The van der Waals surface area contributed by atoms with E-state index >= 15 is 0 Å². The molecule has 5 rings (SSSR count). The van der Waals surface area contributed by atoms with E-state index in [4.69, 9.17) is 0 Å². The summed E-state index contributed by atoms with van der Waals surface area (Å²) >= 11 is 0. The molecule has 2 aliphatic rings. The van der Waals surface area contributed by atoms with Crippen LogP contribution in [0.3, 0.4) is 0 Å². The van der Waals surface area contributed by atoms with Gasteiger partial charge in [0.05, 0.1) is 16.8 Å². The third kappa shape index (κ3) is 3.82. The summed E-state index contributed by atoms with van der Waals surface area (Å²) in [6.45, 7) is 0. The molecule has 0 saturated heterocycles. The lowest BCUT2D eigenvalue weighted by molar-refractivity contribution is 0.0657. The number of hydrogen-bond acceptors (Lipinski definition) is 4. The molecule has 162 valence electrons. The highest BCUT2D eigenvalue weighted by molar-refractivity contribution is 6.22. The molecule has 2 amide bonds. The predicted molar refractivity (Wildman–Crippen MR) is 126 cm³/mol. The largest absolute Gasteiger partial charge is 0.294 e. The monoisotopic (exact) mass is 434 g/mol. The normalized spacial score (nSPS) is 20.1. The molecule has 1 aliphatic heterocycles. The highest BCUT2D eigenvalue weighted by Crippen LogP contribution is 2.33. The SMILES string of the molecule is O=C(c1ccccc1)C1CC=CCC1/C(=N\N1C(=O)c2ccccc2C1=O)c1ccccc1. The van der Waals surface area contributed by atoms with Crippen molar-refractivity contribution in [1.82, 2.24) is 5.01 Å². The maximum absolute atomic E-state index is 13.5. The summed E-state index contributed by atoms with van der Waals surface area (Å²) in [6, 6.07) is 25.5. The smallest absolute Gasteiger partial charge is 0.282 e. The maximum Gasteiger partial charge on any atom is 0.282 e. The summed E-state index contributed by atoms with van der Waals surface area (Å²) in [5, 5.41) is 5.59. The Kier molecular flexibility index (Phi) is 5.53. The molecule has 0 radical (unpaired) electrons. The first-order valence-electron chi connectivity index (χ1n) is 11.0. The van der Waals surface area contributed by atoms with Gasteiger partial charge >= 0.3 is 0 Å². The molecule has 0 saturated carbocycles. The lowest BCUT2D eigenvalue weighted by Gasteiger charge is -2.29. The van der Waals surface area contributed by atoms with Gasteiger partial charge in [-0.1, -0.05) is 84.9 Å². The van der Waals surface area contributed by atoms with E-state index in [2.05, 4.69) is 5.10 Å². The first kappa shape index (κ1) is 20.8. The Balaban J connectivity index is 1.59. The van der Waals surface area contributed by atoms with Gasteiger partial charge in [-0.3, -0.25) is 14.4 Å². The zero-order chi connectivity index (χ0) is 22.8. The van der Waals surface area contributed by atoms with Crippen molar-refractivity contribution in [2.24, 2.45) is 16.9 Å². The minimum Gasteiger partial charge on any atom is -0.294 e. The van der Waals surface area contributed by atoms with Gasteiger partial charge in [0.25, 0.3) is 11.8 Å². The number of nitrogens with zero attached hydrogens (tertiary/aromatic N) is 2. The van der Waals surface area contributed by atoms with Gasteiger partial charge in [0.2, 0.25) is 0 Å². The third-order valence-corrected chi connectivity index (χ3v) is 6.23. The van der Waals surface area contributed by atoms with Crippen LogP contribution in [0, 0.1) is 11.8 Å². The Morgan fingerprint density at radius 1 is 0.667 bits per heavy atom. The van der Waals surface area contributed by atoms with E-state index in [1.54, 1.807) is 24.3 Å². The maximum atomic E-state index is 13.5. The van der Waals surface area contributed by atoms with Crippen molar-refractivity contribution in [2.45, 2.75) is 12.8 Å². The summed E-state index contributed by atoms with van der Waals surface area (Å²) in [7, 11) is 0. The molecular weight excluding hydrogens is 412 g/mol. The van der Waals surface area contributed by atoms with Crippen molar-refractivity contribution in [1.29, 1.82) is 0 Å². The second-order valence-electron chi connectivity index (χ2n) is 8.21. The fourth-order valence-electron chi connectivity index (χ4n) is 4.55. The average Bonchev–Trinajstić information content (AvgIpc) is 3.12. The molecule has 0 spiro atoms. The molecule has 5 heteroatoms. The lowest BCUT2D eigenvalue weighted by Crippen LogP contribution is -2.35. The van der Waals surface area contributed by atoms with Gasteiger partial charge in [-0.15, -0.1) is 0 Å². The number of Topliss-reactive ketones (excluding diaryl/α,β-unsaturated/α-hetero) is 1. The van der Waals surface area contributed by atoms with Gasteiger partial charge in [-0.25, -0.2) is 0 Å². The Hall–Kier alpha value is -4.12. The fourth-order valence-corrected chi connectivity index (χ4v) is 4.55. The van der Waals surface area contributed by atoms with Crippen LogP contribution in [0.4, 0.5) is 0 Å². The number of carbonyl (C=O) groups excluding carboxylic acids is 3. The number of carbonyl (C=O) groups is 3. The van der Waals surface area contributed by atoms with E-state index in [1.165, 1.54) is 0 Å². The summed E-state index contributed by atoms with van der Waals surface area (Å²) in [6.07, 6.45) is 5.24. The molecule has 0 fully saturated rings. The van der Waals surface area contributed by atoms with Crippen molar-refractivity contribution in [3.8, 4) is 0 Å². The minimum absolute atomic E-state index is 0.0379. The van der Waals surface area contributed by atoms with E-state index in [-0.39, 0.29) is 17.6 Å². The van der Waals surface area contributed by atoms with Gasteiger partial charge in [-0.2, -0.15) is 10.1 Å². The average molecular weight is 434 g/mol. The molecule has 3 aromatic carbocycles. The van der Waals surface area contributed by atoms with Gasteiger partial charge in [0, 0.05) is 17.4 Å². The van der Waals surface area contributed by atoms with E-state index in [0.717, 1.165) is 10.6 Å². The van der Waals surface area contributed by atoms with E-state index < -0.39 is 11.8 Å². The zero-order valence-corrected chi connectivity index (χ0v) is 17.9. The van der Waals surface area contributed by atoms with Crippen molar-refractivity contribution in [2.75, 3.05) is 0 Å². The molecule has 2 atom stereocenters. The Morgan fingerprint density at radius 2 is 1.15 bits per heavy atom. The number of hydrazone groups is 1. The van der Waals surface area contributed by atoms with Crippen molar-refractivity contribution >= 4 is 23.3 Å². The van der Waals surface area contributed by atoms with E-state index in [1.807, 2.05) is 72.8 Å². The molecule has 1 aliphatic carbocycles. The van der Waals surface area contributed by atoms with Crippen LogP contribution in [0.1, 0.15) is 49.5 Å². The zero-order valence-electron chi connectivity index (χ0n) is 17.9. The fraction of sp³-hybridized carbons (Fsp3) is 0.143. The van der Waals surface area contributed by atoms with Crippen molar-refractivity contribution in [3.05, 3.63) is 119 Å². The summed E-state index contributed by atoms with van der Waals surface area (Å²) in [5.41, 5.74) is 2.71. The number of amides is 2. The second-order valence-corrected chi connectivity index (χ2v) is 8.21. The molecule has 0 aromatic heterocycles. The van der Waals surface area contributed by atoms with Gasteiger partial charge < -0.3 is 0 Å². The molecule has 3 aromatic rings. The Bertz CT molecular complexity index is 1240. The molecular formula is C28H22N2O3. The molecule has 5 nitrogen and oxygen atoms in total. The van der Waals surface area contributed by atoms with Gasteiger partial charge in [-0.05, 0) is 30.5 Å². The van der Waals surface area contributed by atoms with Crippen LogP contribution in [0.15, 0.2) is 102 Å². The van der Waals surface area contributed by atoms with Gasteiger partial charge in [0.1, 0.15) is 0 Å². The van der Waals surface area contributed by atoms with E-state index in [0.29, 0.717) is 35.2 Å². The highest BCUT2D eigenvalue weighted by atomic mass is 16.2. The first-order chi connectivity index (χ1) is 16.1. The minimum atomic E-state index is -0.443. The van der Waals surface area contributed by atoms with E-state index in [9.17, 15) is 14.4 Å².